The number of carbonyl (C=O) groups is 1. The summed E-state index contributed by atoms with van der Waals surface area (Å²) in [6, 6.07) is 10.1. The molecule has 0 bridgehead atoms. The first-order valence-corrected chi connectivity index (χ1v) is 10.1. The van der Waals surface area contributed by atoms with E-state index < -0.39 is 5.60 Å². The number of amides is 1. The third-order valence-electron chi connectivity index (χ3n) is 5.69. The molecule has 29 heavy (non-hydrogen) atoms. The number of pyridine rings is 1. The van der Waals surface area contributed by atoms with Crippen LogP contribution in [0.2, 0.25) is 0 Å². The van der Waals surface area contributed by atoms with Gasteiger partial charge in [-0.1, -0.05) is 17.7 Å². The molecule has 0 saturated carbocycles. The lowest BCUT2D eigenvalue weighted by molar-refractivity contribution is 0.0379. The van der Waals surface area contributed by atoms with E-state index in [-0.39, 0.29) is 6.09 Å². The zero-order valence-corrected chi connectivity index (χ0v) is 17.2. The van der Waals surface area contributed by atoms with Crippen molar-refractivity contribution in [2.45, 2.75) is 45.9 Å². The van der Waals surface area contributed by atoms with E-state index in [1.165, 1.54) is 11.3 Å². The van der Waals surface area contributed by atoms with E-state index in [1.807, 2.05) is 26.0 Å². The second-order valence-corrected chi connectivity index (χ2v) is 7.92. The third-order valence-corrected chi connectivity index (χ3v) is 5.69. The van der Waals surface area contributed by atoms with Gasteiger partial charge in [-0.2, -0.15) is 0 Å². The second kappa shape index (κ2) is 7.52. The highest BCUT2D eigenvalue weighted by Crippen LogP contribution is 2.34. The molecule has 152 valence electrons. The van der Waals surface area contributed by atoms with Gasteiger partial charge in [0.15, 0.2) is 0 Å². The topological polar surface area (TPSA) is 67.6 Å². The van der Waals surface area contributed by atoms with Gasteiger partial charge in [0.1, 0.15) is 5.60 Å². The van der Waals surface area contributed by atoms with E-state index in [1.54, 1.807) is 17.3 Å². The molecule has 1 N–H and O–H groups in total. The lowest BCUT2D eigenvalue weighted by Gasteiger charge is -2.30. The summed E-state index contributed by atoms with van der Waals surface area (Å²) in [5.74, 6) is 0. The van der Waals surface area contributed by atoms with Crippen LogP contribution in [0.1, 0.15) is 36.2 Å². The highest BCUT2D eigenvalue weighted by molar-refractivity contribution is 5.87. The molecule has 1 unspecified atom stereocenters. The molecule has 3 heterocycles. The summed E-state index contributed by atoms with van der Waals surface area (Å²) in [5.41, 5.74) is 4.30. The van der Waals surface area contributed by atoms with Crippen LogP contribution in [0.5, 0.6) is 0 Å². The van der Waals surface area contributed by atoms with Gasteiger partial charge in [-0.3, -0.25) is 4.98 Å². The standard InChI is InChI=1S/C23H27N3O3/c1-4-29-22(27)25-11-9-21-19(14-25)18-12-16(2)7-8-20(18)26(21)15-23(3,28)17-6-5-10-24-13-17/h5-8,10,12-13,28H,4,9,11,14-15H2,1-3H3. The quantitative estimate of drug-likeness (QED) is 0.733. The Morgan fingerprint density at radius 3 is 2.90 bits per heavy atom. The van der Waals surface area contributed by atoms with Crippen LogP contribution in [0.25, 0.3) is 10.9 Å². The van der Waals surface area contributed by atoms with Crippen molar-refractivity contribution in [1.29, 1.82) is 0 Å². The summed E-state index contributed by atoms with van der Waals surface area (Å²) >= 11 is 0. The fourth-order valence-electron chi connectivity index (χ4n) is 4.20. The number of aromatic nitrogens is 2. The summed E-state index contributed by atoms with van der Waals surface area (Å²) in [6.45, 7) is 7.64. The molecule has 2 aromatic heterocycles. The second-order valence-electron chi connectivity index (χ2n) is 7.92. The molecule has 0 aliphatic carbocycles. The average molecular weight is 393 g/mol. The van der Waals surface area contributed by atoms with Crippen LogP contribution in [-0.4, -0.2) is 38.8 Å². The number of ether oxygens (including phenoxy) is 1. The van der Waals surface area contributed by atoms with Crippen LogP contribution in [0, 0.1) is 6.92 Å². The van der Waals surface area contributed by atoms with E-state index in [0.29, 0.717) is 26.2 Å². The summed E-state index contributed by atoms with van der Waals surface area (Å²) in [4.78, 5) is 18.2. The van der Waals surface area contributed by atoms with Gasteiger partial charge in [0.2, 0.25) is 0 Å². The van der Waals surface area contributed by atoms with Crippen LogP contribution < -0.4 is 0 Å². The highest BCUT2D eigenvalue weighted by Gasteiger charge is 2.31. The van der Waals surface area contributed by atoms with E-state index in [9.17, 15) is 9.90 Å². The van der Waals surface area contributed by atoms with Gasteiger partial charge in [0.25, 0.3) is 0 Å². The first-order valence-electron chi connectivity index (χ1n) is 10.1. The molecule has 1 atom stereocenters. The summed E-state index contributed by atoms with van der Waals surface area (Å²) in [5, 5.41) is 12.4. The van der Waals surface area contributed by atoms with E-state index >= 15 is 0 Å². The van der Waals surface area contributed by atoms with Crippen molar-refractivity contribution < 1.29 is 14.6 Å². The number of aryl methyl sites for hydroxylation is 1. The Hall–Kier alpha value is -2.86. The third kappa shape index (κ3) is 3.60. The van der Waals surface area contributed by atoms with E-state index in [0.717, 1.165) is 28.5 Å². The Kier molecular flexibility index (Phi) is 5.04. The number of rotatable bonds is 4. The number of hydrogen-bond acceptors (Lipinski definition) is 4. The van der Waals surface area contributed by atoms with Crippen molar-refractivity contribution in [2.75, 3.05) is 13.2 Å². The largest absolute Gasteiger partial charge is 0.450 e. The van der Waals surface area contributed by atoms with Crippen molar-refractivity contribution in [3.63, 3.8) is 0 Å². The molecule has 1 aromatic carbocycles. The predicted molar refractivity (Wildman–Crippen MR) is 112 cm³/mol. The van der Waals surface area contributed by atoms with Gasteiger partial charge >= 0.3 is 6.09 Å². The number of nitrogens with zero attached hydrogens (tertiary/aromatic N) is 3. The SMILES string of the molecule is CCOC(=O)N1CCc2c(c3cc(C)ccc3n2CC(C)(O)c2cccnc2)C1. The minimum Gasteiger partial charge on any atom is -0.450 e. The fourth-order valence-corrected chi connectivity index (χ4v) is 4.20. The molecule has 1 amide bonds. The molecule has 1 aliphatic heterocycles. The van der Waals surface area contributed by atoms with E-state index in [4.69, 9.17) is 4.74 Å². The first-order chi connectivity index (χ1) is 13.9. The van der Waals surface area contributed by atoms with Gasteiger partial charge in [-0.25, -0.2) is 4.79 Å². The highest BCUT2D eigenvalue weighted by atomic mass is 16.6. The number of aliphatic hydroxyl groups is 1. The Morgan fingerprint density at radius 2 is 2.17 bits per heavy atom. The number of benzene rings is 1. The molecule has 4 rings (SSSR count). The van der Waals surface area contributed by atoms with Gasteiger partial charge in [-0.15, -0.1) is 0 Å². The predicted octanol–water partition coefficient (Wildman–Crippen LogP) is 3.77. The Balaban J connectivity index is 1.77. The molecule has 0 spiro atoms. The Bertz CT molecular complexity index is 1040. The number of fused-ring (bicyclic) bond motifs is 3. The average Bonchev–Trinajstić information content (AvgIpc) is 3.01. The lowest BCUT2D eigenvalue weighted by atomic mass is 9.97. The Morgan fingerprint density at radius 1 is 1.34 bits per heavy atom. The van der Waals surface area contributed by atoms with Gasteiger partial charge in [0, 0.05) is 53.1 Å². The summed E-state index contributed by atoms with van der Waals surface area (Å²) in [6.07, 6.45) is 3.88. The first kappa shape index (κ1) is 19.5. The van der Waals surface area contributed by atoms with E-state index in [2.05, 4.69) is 34.7 Å². The normalized spacial score (nSPS) is 15.8. The minimum atomic E-state index is -1.06. The fraction of sp³-hybridized carbons (Fsp3) is 0.391. The van der Waals surface area contributed by atoms with Crippen molar-refractivity contribution in [3.05, 3.63) is 65.1 Å². The van der Waals surface area contributed by atoms with Gasteiger partial charge in [-0.05, 0) is 39.0 Å². The van der Waals surface area contributed by atoms with Crippen LogP contribution >= 0.6 is 0 Å². The van der Waals surface area contributed by atoms with Crippen molar-refractivity contribution in [3.8, 4) is 0 Å². The molecular formula is C23H27N3O3. The van der Waals surface area contributed by atoms with Gasteiger partial charge in [0.05, 0.1) is 19.7 Å². The maximum atomic E-state index is 12.3. The minimum absolute atomic E-state index is 0.269. The monoisotopic (exact) mass is 393 g/mol. The summed E-state index contributed by atoms with van der Waals surface area (Å²) in [7, 11) is 0. The smallest absolute Gasteiger partial charge is 0.410 e. The van der Waals surface area contributed by atoms with Crippen LogP contribution in [0.4, 0.5) is 4.79 Å². The molecule has 0 radical (unpaired) electrons. The molecule has 6 nitrogen and oxygen atoms in total. The number of hydrogen-bond donors (Lipinski definition) is 1. The molecule has 0 saturated heterocycles. The molecule has 1 aliphatic rings. The Labute approximate surface area is 170 Å². The van der Waals surface area contributed by atoms with Crippen molar-refractivity contribution in [1.82, 2.24) is 14.5 Å². The zero-order chi connectivity index (χ0) is 20.6. The van der Waals surface area contributed by atoms with Crippen molar-refractivity contribution >= 4 is 17.0 Å². The van der Waals surface area contributed by atoms with Crippen molar-refractivity contribution in [2.24, 2.45) is 0 Å². The summed E-state index contributed by atoms with van der Waals surface area (Å²) < 4.78 is 7.42. The number of carbonyl (C=O) groups excluding carboxylic acids is 1. The molecule has 3 aromatic rings. The van der Waals surface area contributed by atoms with Crippen LogP contribution in [0.3, 0.4) is 0 Å². The zero-order valence-electron chi connectivity index (χ0n) is 17.2. The molecular weight excluding hydrogens is 366 g/mol. The lowest BCUT2D eigenvalue weighted by Crippen LogP contribution is -2.37. The maximum Gasteiger partial charge on any atom is 0.410 e. The molecule has 0 fully saturated rings. The molecule has 6 heteroatoms. The van der Waals surface area contributed by atoms with Gasteiger partial charge < -0.3 is 19.3 Å². The van der Waals surface area contributed by atoms with Crippen LogP contribution in [-0.2, 0) is 29.8 Å². The van der Waals surface area contributed by atoms with Crippen LogP contribution in [0.15, 0.2) is 42.7 Å². The maximum absolute atomic E-state index is 12.3.